The molecule has 0 aromatic heterocycles. The van der Waals surface area contributed by atoms with Crippen LogP contribution in [0.15, 0.2) is 48.5 Å². The Morgan fingerprint density at radius 1 is 1.26 bits per heavy atom. The van der Waals surface area contributed by atoms with Crippen LogP contribution in [0.1, 0.15) is 24.0 Å². The molecular weight excluding hydrogens is 288 g/mol. The molecule has 0 aliphatic carbocycles. The first-order chi connectivity index (χ1) is 11.2. The molecule has 0 spiro atoms. The Labute approximate surface area is 136 Å². The Hall–Kier alpha value is -2.33. The van der Waals surface area contributed by atoms with Crippen molar-refractivity contribution >= 4 is 11.6 Å². The maximum atomic E-state index is 12.0. The number of benzene rings is 2. The van der Waals surface area contributed by atoms with Gasteiger partial charge in [-0.1, -0.05) is 29.8 Å². The minimum Gasteiger partial charge on any atom is -0.489 e. The van der Waals surface area contributed by atoms with Crippen LogP contribution in [0, 0.1) is 6.92 Å². The van der Waals surface area contributed by atoms with Crippen LogP contribution < -0.4 is 15.4 Å². The van der Waals surface area contributed by atoms with Crippen molar-refractivity contribution in [2.45, 2.75) is 32.4 Å². The van der Waals surface area contributed by atoms with E-state index in [0.29, 0.717) is 6.61 Å². The average molecular weight is 310 g/mol. The molecule has 1 fully saturated rings. The first-order valence-corrected chi connectivity index (χ1v) is 8.03. The van der Waals surface area contributed by atoms with Gasteiger partial charge in [0.1, 0.15) is 12.4 Å². The molecule has 0 saturated carbocycles. The van der Waals surface area contributed by atoms with Gasteiger partial charge in [-0.25, -0.2) is 0 Å². The molecule has 1 aliphatic heterocycles. The van der Waals surface area contributed by atoms with E-state index < -0.39 is 0 Å². The lowest BCUT2D eigenvalue weighted by molar-refractivity contribution is -0.117. The SMILES string of the molecule is Cc1cccc(COc2ccc(NC(=O)C3CCCN3)cc2)c1. The Balaban J connectivity index is 1.53. The number of aryl methyl sites for hydroxylation is 1. The van der Waals surface area contributed by atoms with Gasteiger partial charge in [0.15, 0.2) is 0 Å². The molecule has 4 heteroatoms. The highest BCUT2D eigenvalue weighted by Gasteiger charge is 2.21. The summed E-state index contributed by atoms with van der Waals surface area (Å²) >= 11 is 0. The van der Waals surface area contributed by atoms with Gasteiger partial charge in [0.05, 0.1) is 6.04 Å². The molecule has 2 N–H and O–H groups in total. The zero-order valence-corrected chi connectivity index (χ0v) is 13.3. The normalized spacial score (nSPS) is 17.0. The summed E-state index contributed by atoms with van der Waals surface area (Å²) in [5.41, 5.74) is 3.17. The Morgan fingerprint density at radius 3 is 2.78 bits per heavy atom. The molecule has 120 valence electrons. The fourth-order valence-corrected chi connectivity index (χ4v) is 2.74. The van der Waals surface area contributed by atoms with E-state index in [9.17, 15) is 4.79 Å². The van der Waals surface area contributed by atoms with E-state index >= 15 is 0 Å². The largest absolute Gasteiger partial charge is 0.489 e. The van der Waals surface area contributed by atoms with Crippen LogP contribution in [0.4, 0.5) is 5.69 Å². The summed E-state index contributed by atoms with van der Waals surface area (Å²) in [6.07, 6.45) is 1.97. The second-order valence-corrected chi connectivity index (χ2v) is 5.94. The van der Waals surface area contributed by atoms with E-state index in [0.717, 1.165) is 36.4 Å². The van der Waals surface area contributed by atoms with Crippen molar-refractivity contribution in [3.8, 4) is 5.75 Å². The summed E-state index contributed by atoms with van der Waals surface area (Å²) in [4.78, 5) is 12.0. The van der Waals surface area contributed by atoms with E-state index in [4.69, 9.17) is 4.74 Å². The third-order valence-corrected chi connectivity index (χ3v) is 3.99. The van der Waals surface area contributed by atoms with Gasteiger partial charge in [-0.3, -0.25) is 4.79 Å². The molecule has 2 aromatic rings. The lowest BCUT2D eigenvalue weighted by Gasteiger charge is -2.12. The van der Waals surface area contributed by atoms with Crippen LogP contribution in [0.3, 0.4) is 0 Å². The van der Waals surface area contributed by atoms with Crippen molar-refractivity contribution in [1.29, 1.82) is 0 Å². The Kier molecular flexibility index (Phi) is 4.93. The number of carbonyl (C=O) groups excluding carboxylic acids is 1. The van der Waals surface area contributed by atoms with E-state index in [2.05, 4.69) is 35.8 Å². The predicted octanol–water partition coefficient (Wildman–Crippen LogP) is 3.26. The number of rotatable bonds is 5. The molecule has 3 rings (SSSR count). The van der Waals surface area contributed by atoms with Crippen LogP contribution in [0.5, 0.6) is 5.75 Å². The van der Waals surface area contributed by atoms with Gasteiger partial charge >= 0.3 is 0 Å². The highest BCUT2D eigenvalue weighted by atomic mass is 16.5. The summed E-state index contributed by atoms with van der Waals surface area (Å²) in [7, 11) is 0. The molecule has 1 aliphatic rings. The number of ether oxygens (including phenoxy) is 1. The number of hydrogen-bond donors (Lipinski definition) is 2. The lowest BCUT2D eigenvalue weighted by Crippen LogP contribution is -2.35. The zero-order valence-electron chi connectivity index (χ0n) is 13.3. The maximum absolute atomic E-state index is 12.0. The summed E-state index contributed by atoms with van der Waals surface area (Å²) in [5.74, 6) is 0.833. The number of anilines is 1. The third kappa shape index (κ3) is 4.33. The highest BCUT2D eigenvalue weighted by Crippen LogP contribution is 2.18. The topological polar surface area (TPSA) is 50.4 Å². The van der Waals surface area contributed by atoms with Crippen LogP contribution >= 0.6 is 0 Å². The van der Waals surface area contributed by atoms with Crippen molar-refractivity contribution in [2.75, 3.05) is 11.9 Å². The van der Waals surface area contributed by atoms with Crippen molar-refractivity contribution in [3.63, 3.8) is 0 Å². The summed E-state index contributed by atoms with van der Waals surface area (Å²) in [5, 5.41) is 6.13. The summed E-state index contributed by atoms with van der Waals surface area (Å²) < 4.78 is 5.78. The van der Waals surface area contributed by atoms with Crippen LogP contribution in [0.2, 0.25) is 0 Å². The zero-order chi connectivity index (χ0) is 16.1. The Bertz CT molecular complexity index is 661. The van der Waals surface area contributed by atoms with Crippen molar-refractivity contribution < 1.29 is 9.53 Å². The predicted molar refractivity (Wildman–Crippen MR) is 91.6 cm³/mol. The molecule has 1 unspecified atom stereocenters. The second-order valence-electron chi connectivity index (χ2n) is 5.94. The first-order valence-electron chi connectivity index (χ1n) is 8.03. The lowest BCUT2D eigenvalue weighted by atomic mass is 10.1. The average Bonchev–Trinajstić information content (AvgIpc) is 3.09. The number of carbonyl (C=O) groups is 1. The molecule has 4 nitrogen and oxygen atoms in total. The fourth-order valence-electron chi connectivity index (χ4n) is 2.74. The number of amides is 1. The first kappa shape index (κ1) is 15.6. The van der Waals surface area contributed by atoms with Crippen molar-refractivity contribution in [3.05, 3.63) is 59.7 Å². The summed E-state index contributed by atoms with van der Waals surface area (Å²) in [6.45, 7) is 3.53. The van der Waals surface area contributed by atoms with Crippen molar-refractivity contribution in [2.24, 2.45) is 0 Å². The molecule has 1 atom stereocenters. The molecule has 23 heavy (non-hydrogen) atoms. The maximum Gasteiger partial charge on any atom is 0.241 e. The van der Waals surface area contributed by atoms with Crippen LogP contribution in [0.25, 0.3) is 0 Å². The van der Waals surface area contributed by atoms with Crippen LogP contribution in [-0.4, -0.2) is 18.5 Å². The summed E-state index contributed by atoms with van der Waals surface area (Å²) in [6, 6.07) is 15.7. The number of nitrogens with one attached hydrogen (secondary N) is 2. The van der Waals surface area contributed by atoms with Gasteiger partial charge in [0.2, 0.25) is 5.91 Å². The van der Waals surface area contributed by atoms with E-state index in [-0.39, 0.29) is 11.9 Å². The quantitative estimate of drug-likeness (QED) is 0.891. The standard InChI is InChI=1S/C19H22N2O2/c1-14-4-2-5-15(12-14)13-23-17-9-7-16(8-10-17)21-19(22)18-6-3-11-20-18/h2,4-5,7-10,12,18,20H,3,6,11,13H2,1H3,(H,21,22). The highest BCUT2D eigenvalue weighted by molar-refractivity contribution is 5.95. The Morgan fingerprint density at radius 2 is 2.09 bits per heavy atom. The molecule has 1 heterocycles. The van der Waals surface area contributed by atoms with Crippen LogP contribution in [-0.2, 0) is 11.4 Å². The van der Waals surface area contributed by atoms with Gasteiger partial charge in [0, 0.05) is 5.69 Å². The van der Waals surface area contributed by atoms with E-state index in [1.54, 1.807) is 0 Å². The molecule has 0 radical (unpaired) electrons. The van der Waals surface area contributed by atoms with Gasteiger partial charge in [-0.15, -0.1) is 0 Å². The van der Waals surface area contributed by atoms with Gasteiger partial charge in [0.25, 0.3) is 0 Å². The monoisotopic (exact) mass is 310 g/mol. The smallest absolute Gasteiger partial charge is 0.241 e. The molecule has 2 aromatic carbocycles. The molecule has 1 amide bonds. The minimum absolute atomic E-state index is 0.0379. The van der Waals surface area contributed by atoms with E-state index in [1.165, 1.54) is 5.56 Å². The van der Waals surface area contributed by atoms with Gasteiger partial charge in [-0.2, -0.15) is 0 Å². The van der Waals surface area contributed by atoms with Gasteiger partial charge < -0.3 is 15.4 Å². The number of hydrogen-bond acceptors (Lipinski definition) is 3. The minimum atomic E-state index is -0.0627. The third-order valence-electron chi connectivity index (χ3n) is 3.99. The molecule has 0 bridgehead atoms. The van der Waals surface area contributed by atoms with Gasteiger partial charge in [-0.05, 0) is 56.1 Å². The molecular formula is C19H22N2O2. The molecule has 1 saturated heterocycles. The van der Waals surface area contributed by atoms with Crippen molar-refractivity contribution in [1.82, 2.24) is 5.32 Å². The second kappa shape index (κ2) is 7.29. The van der Waals surface area contributed by atoms with E-state index in [1.807, 2.05) is 30.3 Å². The fraction of sp³-hybridized carbons (Fsp3) is 0.316.